The van der Waals surface area contributed by atoms with Crippen LogP contribution in [0.5, 0.6) is 0 Å². The number of amides is 1. The third-order valence-corrected chi connectivity index (χ3v) is 4.92. The van der Waals surface area contributed by atoms with Gasteiger partial charge in [0.1, 0.15) is 4.60 Å². The van der Waals surface area contributed by atoms with Gasteiger partial charge in [0.2, 0.25) is 0 Å². The average Bonchev–Trinajstić information content (AvgIpc) is 2.99. The van der Waals surface area contributed by atoms with Crippen molar-refractivity contribution in [2.45, 2.75) is 19.9 Å². The zero-order valence-corrected chi connectivity index (χ0v) is 15.7. The van der Waals surface area contributed by atoms with Crippen LogP contribution < -0.4 is 4.90 Å². The number of nitrogens with zero attached hydrogens (tertiary/aromatic N) is 5. The Morgan fingerprint density at radius 2 is 2.12 bits per heavy atom. The van der Waals surface area contributed by atoms with E-state index in [0.29, 0.717) is 32.9 Å². The minimum atomic E-state index is -0.273. The zero-order valence-electron chi connectivity index (χ0n) is 14.1. The van der Waals surface area contributed by atoms with Gasteiger partial charge in [-0.15, -0.1) is 0 Å². The van der Waals surface area contributed by atoms with Crippen LogP contribution >= 0.6 is 15.9 Å². The predicted octanol–water partition coefficient (Wildman–Crippen LogP) is 1.84. The van der Waals surface area contributed by atoms with Crippen LogP contribution in [0.4, 0.5) is 10.6 Å². The summed E-state index contributed by atoms with van der Waals surface area (Å²) < 4.78 is 13.4. The Kier molecular flexibility index (Phi) is 4.51. The zero-order chi connectivity index (χ0) is 17.4. The van der Waals surface area contributed by atoms with Crippen molar-refractivity contribution in [2.75, 3.05) is 44.4 Å². The van der Waals surface area contributed by atoms with E-state index in [4.69, 9.17) is 14.5 Å². The molecular formula is C16H20BrN5O3. The normalized spacial score (nSPS) is 17.7. The summed E-state index contributed by atoms with van der Waals surface area (Å²) in [7, 11) is 0. The molecule has 0 radical (unpaired) electrons. The molecule has 0 spiro atoms. The monoisotopic (exact) mass is 409 g/mol. The summed E-state index contributed by atoms with van der Waals surface area (Å²) in [5.74, 6) is 0.856. The van der Waals surface area contributed by atoms with Crippen LogP contribution in [0, 0.1) is 0 Å². The smallest absolute Gasteiger partial charge is 0.410 e. The maximum absolute atomic E-state index is 12.1. The number of imidazole rings is 1. The van der Waals surface area contributed by atoms with Gasteiger partial charge < -0.3 is 19.3 Å². The predicted molar refractivity (Wildman–Crippen MR) is 94.9 cm³/mol. The molecule has 25 heavy (non-hydrogen) atoms. The molecule has 1 fully saturated rings. The van der Waals surface area contributed by atoms with E-state index in [0.717, 1.165) is 47.0 Å². The maximum atomic E-state index is 12.1. The Hall–Kier alpha value is -1.87. The van der Waals surface area contributed by atoms with E-state index >= 15 is 0 Å². The lowest BCUT2D eigenvalue weighted by molar-refractivity contribution is 0.102. The third-order valence-electron chi connectivity index (χ3n) is 4.54. The molecule has 0 aliphatic carbocycles. The van der Waals surface area contributed by atoms with E-state index in [9.17, 15) is 4.79 Å². The Labute approximate surface area is 153 Å². The lowest BCUT2D eigenvalue weighted by Gasteiger charge is -2.28. The molecule has 0 N–H and O–H groups in total. The number of hydrogen-bond acceptors (Lipinski definition) is 6. The summed E-state index contributed by atoms with van der Waals surface area (Å²) in [6.45, 7) is 6.29. The second-order valence-electron chi connectivity index (χ2n) is 6.06. The van der Waals surface area contributed by atoms with Crippen molar-refractivity contribution in [1.82, 2.24) is 19.3 Å². The molecule has 8 nitrogen and oxygen atoms in total. The largest absolute Gasteiger partial charge is 0.450 e. The molecule has 4 heterocycles. The van der Waals surface area contributed by atoms with E-state index in [1.807, 2.05) is 17.5 Å². The number of carbonyl (C=O) groups excluding carboxylic acids is 1. The van der Waals surface area contributed by atoms with Crippen LogP contribution in [0.15, 0.2) is 10.8 Å². The molecule has 1 saturated heterocycles. The molecule has 0 saturated carbocycles. The van der Waals surface area contributed by atoms with Gasteiger partial charge in [-0.2, -0.15) is 0 Å². The van der Waals surface area contributed by atoms with E-state index in [-0.39, 0.29) is 6.09 Å². The Balaban J connectivity index is 1.73. The molecule has 2 aliphatic heterocycles. The van der Waals surface area contributed by atoms with Crippen molar-refractivity contribution in [3.05, 3.63) is 22.2 Å². The fourth-order valence-electron chi connectivity index (χ4n) is 3.32. The van der Waals surface area contributed by atoms with Crippen LogP contribution in [0.3, 0.4) is 0 Å². The van der Waals surface area contributed by atoms with E-state index in [2.05, 4.69) is 25.8 Å². The first kappa shape index (κ1) is 16.6. The Morgan fingerprint density at radius 1 is 1.32 bits per heavy atom. The Bertz CT molecular complexity index is 803. The van der Waals surface area contributed by atoms with Gasteiger partial charge in [-0.25, -0.2) is 14.8 Å². The van der Waals surface area contributed by atoms with Gasteiger partial charge in [-0.3, -0.25) is 4.40 Å². The SMILES string of the molecule is CCOC(=O)N1CCc2nc3c(N4CCOCC4)nc(Br)cn3c2C1. The standard InChI is InChI=1S/C16H20BrN5O3/c1-2-25-16(23)21-4-3-11-12(9-21)22-10-13(17)19-14(15(22)18-11)20-5-7-24-8-6-20/h10H,2-9H2,1H3. The minimum absolute atomic E-state index is 0.273. The molecular weight excluding hydrogens is 390 g/mol. The topological polar surface area (TPSA) is 72.2 Å². The molecule has 0 bridgehead atoms. The number of halogens is 1. The van der Waals surface area contributed by atoms with Gasteiger partial charge in [-0.1, -0.05) is 0 Å². The number of rotatable bonds is 2. The molecule has 0 aromatic carbocycles. The minimum Gasteiger partial charge on any atom is -0.450 e. The third kappa shape index (κ3) is 3.06. The molecule has 2 aromatic heterocycles. The van der Waals surface area contributed by atoms with Crippen LogP contribution in [0.2, 0.25) is 0 Å². The summed E-state index contributed by atoms with van der Waals surface area (Å²) in [6, 6.07) is 0. The lowest BCUT2D eigenvalue weighted by Crippen LogP contribution is -2.37. The summed E-state index contributed by atoms with van der Waals surface area (Å²) in [5, 5.41) is 0. The second-order valence-corrected chi connectivity index (χ2v) is 6.87. The fraction of sp³-hybridized carbons (Fsp3) is 0.562. The quantitative estimate of drug-likeness (QED) is 0.753. The molecule has 2 aliphatic rings. The molecule has 4 rings (SSSR count). The number of morpholine rings is 1. The van der Waals surface area contributed by atoms with Crippen molar-refractivity contribution < 1.29 is 14.3 Å². The highest BCUT2D eigenvalue weighted by atomic mass is 79.9. The van der Waals surface area contributed by atoms with Gasteiger partial charge in [0.15, 0.2) is 11.5 Å². The Morgan fingerprint density at radius 3 is 2.88 bits per heavy atom. The van der Waals surface area contributed by atoms with Gasteiger partial charge in [0.05, 0.1) is 37.8 Å². The molecule has 134 valence electrons. The van der Waals surface area contributed by atoms with Crippen LogP contribution in [-0.4, -0.2) is 64.8 Å². The second kappa shape index (κ2) is 6.80. The summed E-state index contributed by atoms with van der Waals surface area (Å²) in [6.07, 6.45) is 2.36. The first-order chi connectivity index (χ1) is 12.2. The maximum Gasteiger partial charge on any atom is 0.410 e. The summed E-state index contributed by atoms with van der Waals surface area (Å²) in [5.41, 5.74) is 2.88. The number of aromatic nitrogens is 3. The van der Waals surface area contributed by atoms with Crippen molar-refractivity contribution >= 4 is 33.5 Å². The number of hydrogen-bond donors (Lipinski definition) is 0. The lowest BCUT2D eigenvalue weighted by atomic mass is 10.1. The highest BCUT2D eigenvalue weighted by Gasteiger charge is 2.28. The highest BCUT2D eigenvalue weighted by molar-refractivity contribution is 9.10. The number of anilines is 1. The van der Waals surface area contributed by atoms with Crippen LogP contribution in [-0.2, 0) is 22.4 Å². The number of fused-ring (bicyclic) bond motifs is 3. The van der Waals surface area contributed by atoms with Crippen molar-refractivity contribution in [3.63, 3.8) is 0 Å². The first-order valence-corrected chi connectivity index (χ1v) is 9.27. The average molecular weight is 410 g/mol. The molecule has 0 unspecified atom stereocenters. The first-order valence-electron chi connectivity index (χ1n) is 8.48. The van der Waals surface area contributed by atoms with Crippen LogP contribution in [0.1, 0.15) is 18.3 Å². The molecule has 9 heteroatoms. The summed E-state index contributed by atoms with van der Waals surface area (Å²) >= 11 is 3.51. The van der Waals surface area contributed by atoms with Crippen LogP contribution in [0.25, 0.3) is 5.65 Å². The van der Waals surface area contributed by atoms with E-state index in [1.165, 1.54) is 0 Å². The number of carbonyl (C=O) groups is 1. The van der Waals surface area contributed by atoms with Gasteiger partial charge in [0, 0.05) is 32.3 Å². The van der Waals surface area contributed by atoms with Crippen molar-refractivity contribution in [3.8, 4) is 0 Å². The number of ether oxygens (including phenoxy) is 2. The van der Waals surface area contributed by atoms with Gasteiger partial charge >= 0.3 is 6.09 Å². The summed E-state index contributed by atoms with van der Waals surface area (Å²) in [4.78, 5) is 25.5. The van der Waals surface area contributed by atoms with Crippen molar-refractivity contribution in [2.24, 2.45) is 0 Å². The fourth-order valence-corrected chi connectivity index (χ4v) is 3.70. The highest BCUT2D eigenvalue weighted by Crippen LogP contribution is 2.28. The van der Waals surface area contributed by atoms with E-state index < -0.39 is 0 Å². The van der Waals surface area contributed by atoms with Gasteiger partial charge in [0.25, 0.3) is 0 Å². The van der Waals surface area contributed by atoms with Crippen molar-refractivity contribution in [1.29, 1.82) is 0 Å². The van der Waals surface area contributed by atoms with E-state index in [1.54, 1.807) is 4.90 Å². The molecule has 1 amide bonds. The molecule has 2 aromatic rings. The molecule has 0 atom stereocenters. The van der Waals surface area contributed by atoms with Gasteiger partial charge in [-0.05, 0) is 22.9 Å².